The van der Waals surface area contributed by atoms with E-state index in [1.807, 2.05) is 35.4 Å². The number of fused-ring (bicyclic) bond motifs is 2. The molecule has 1 N–H and O–H groups in total. The number of nitrogens with zero attached hydrogens (tertiary/aromatic N) is 4. The molecule has 1 atom stereocenters. The van der Waals surface area contributed by atoms with E-state index in [-0.39, 0.29) is 5.91 Å². The minimum Gasteiger partial charge on any atom is -0.479 e. The summed E-state index contributed by atoms with van der Waals surface area (Å²) in [6.07, 6.45) is 6.28. The Morgan fingerprint density at radius 1 is 1.11 bits per heavy atom. The molecule has 7 nitrogen and oxygen atoms in total. The van der Waals surface area contributed by atoms with Crippen LogP contribution < -0.4 is 4.74 Å². The minimum absolute atomic E-state index is 0.0868. The summed E-state index contributed by atoms with van der Waals surface area (Å²) in [7, 11) is 2.21. The molecule has 0 bridgehead atoms. The maximum Gasteiger partial charge on any atom is 0.264 e. The second-order valence-electron chi connectivity index (χ2n) is 10.2. The number of piperazine rings is 1. The lowest BCUT2D eigenvalue weighted by molar-refractivity contribution is -0.139. The average molecular weight is 494 g/mol. The Morgan fingerprint density at radius 3 is 2.71 bits per heavy atom. The number of likely N-dealkylation sites (tertiary alicyclic amines) is 1. The lowest BCUT2D eigenvalue weighted by Crippen LogP contribution is -2.53. The number of pyridine rings is 1. The highest BCUT2D eigenvalue weighted by atomic mass is 35.5. The van der Waals surface area contributed by atoms with Gasteiger partial charge in [-0.15, -0.1) is 0 Å². The molecule has 8 heteroatoms. The van der Waals surface area contributed by atoms with Gasteiger partial charge in [-0.3, -0.25) is 9.69 Å². The summed E-state index contributed by atoms with van der Waals surface area (Å²) >= 11 is 6.50. The molecule has 3 aromatic rings. The number of hydrogen-bond acceptors (Lipinski definition) is 5. The van der Waals surface area contributed by atoms with Crippen LogP contribution in [-0.4, -0.2) is 89.5 Å². The molecule has 1 aromatic carbocycles. The third kappa shape index (κ3) is 4.53. The van der Waals surface area contributed by atoms with Crippen molar-refractivity contribution in [1.29, 1.82) is 0 Å². The van der Waals surface area contributed by atoms with Gasteiger partial charge in [0.15, 0.2) is 6.10 Å². The van der Waals surface area contributed by atoms with Crippen LogP contribution >= 0.6 is 11.6 Å². The van der Waals surface area contributed by atoms with Gasteiger partial charge < -0.3 is 19.5 Å². The van der Waals surface area contributed by atoms with E-state index in [2.05, 4.69) is 26.8 Å². The molecule has 5 heterocycles. The third-order valence-corrected chi connectivity index (χ3v) is 8.08. The molecule has 0 aliphatic carbocycles. The van der Waals surface area contributed by atoms with Crippen molar-refractivity contribution in [3.05, 3.63) is 47.2 Å². The number of halogens is 1. The fraction of sp³-hybridized carbons (Fsp3) is 0.481. The van der Waals surface area contributed by atoms with Crippen LogP contribution in [0.5, 0.6) is 5.75 Å². The van der Waals surface area contributed by atoms with E-state index in [9.17, 15) is 4.79 Å². The van der Waals surface area contributed by atoms with Gasteiger partial charge in [-0.1, -0.05) is 11.6 Å². The van der Waals surface area contributed by atoms with Crippen LogP contribution in [0, 0.1) is 5.92 Å². The molecule has 184 valence electrons. The number of carbonyl (C=O) groups excluding carboxylic acids is 1. The molecule has 3 aliphatic heterocycles. The summed E-state index contributed by atoms with van der Waals surface area (Å²) < 4.78 is 6.35. The number of aromatic amines is 1. The molecule has 1 unspecified atom stereocenters. The number of piperidine rings is 1. The van der Waals surface area contributed by atoms with Crippen LogP contribution in [0.1, 0.15) is 18.4 Å². The summed E-state index contributed by atoms with van der Waals surface area (Å²) in [5, 5.41) is 1.66. The van der Waals surface area contributed by atoms with Crippen molar-refractivity contribution in [2.75, 3.05) is 52.9 Å². The molecule has 3 aliphatic rings. The van der Waals surface area contributed by atoms with E-state index in [1.54, 1.807) is 6.20 Å². The van der Waals surface area contributed by atoms with Gasteiger partial charge in [-0.05, 0) is 68.7 Å². The van der Waals surface area contributed by atoms with E-state index in [1.165, 1.54) is 25.9 Å². The Labute approximate surface area is 211 Å². The Balaban J connectivity index is 1.13. The predicted molar refractivity (Wildman–Crippen MR) is 138 cm³/mol. The maximum atomic E-state index is 13.4. The Hall–Kier alpha value is -2.61. The van der Waals surface area contributed by atoms with Gasteiger partial charge in [0.25, 0.3) is 5.91 Å². The first-order valence-electron chi connectivity index (χ1n) is 12.7. The molecular weight excluding hydrogens is 462 g/mol. The number of amides is 1. The molecule has 0 spiro atoms. The molecule has 0 saturated carbocycles. The SMILES string of the molecule is CN1CCC(CN2CCN(C(=O)C3Cc4cc(Cl)cc(-c5ccnc6[nH]ccc56)c4O3)CC2)CC1. The van der Waals surface area contributed by atoms with E-state index < -0.39 is 6.10 Å². The van der Waals surface area contributed by atoms with Crippen LogP contribution in [0.15, 0.2) is 36.7 Å². The monoisotopic (exact) mass is 493 g/mol. The summed E-state index contributed by atoms with van der Waals surface area (Å²) in [5.41, 5.74) is 3.73. The zero-order valence-electron chi connectivity index (χ0n) is 20.2. The van der Waals surface area contributed by atoms with Gasteiger partial charge in [-0.25, -0.2) is 4.98 Å². The summed E-state index contributed by atoms with van der Waals surface area (Å²) in [6, 6.07) is 7.84. The average Bonchev–Trinajstić information content (AvgIpc) is 3.52. The number of aromatic nitrogens is 2. The largest absolute Gasteiger partial charge is 0.479 e. The first kappa shape index (κ1) is 22.8. The zero-order chi connectivity index (χ0) is 23.9. The quantitative estimate of drug-likeness (QED) is 0.600. The molecular formula is C27H32ClN5O2. The van der Waals surface area contributed by atoms with Gasteiger partial charge in [0, 0.05) is 73.1 Å². The lowest BCUT2D eigenvalue weighted by atomic mass is 9.96. The van der Waals surface area contributed by atoms with Crippen LogP contribution in [0.2, 0.25) is 5.02 Å². The first-order valence-corrected chi connectivity index (χ1v) is 13.0. The Bertz CT molecular complexity index is 1230. The normalized spacial score (nSPS) is 21.9. The summed E-state index contributed by atoms with van der Waals surface area (Å²) in [5.74, 6) is 1.63. The van der Waals surface area contributed by atoms with Crippen molar-refractivity contribution in [3.63, 3.8) is 0 Å². The smallest absolute Gasteiger partial charge is 0.264 e. The van der Waals surface area contributed by atoms with Gasteiger partial charge in [-0.2, -0.15) is 0 Å². The van der Waals surface area contributed by atoms with Gasteiger partial charge in [0.2, 0.25) is 0 Å². The Kier molecular flexibility index (Phi) is 6.16. The summed E-state index contributed by atoms with van der Waals surface area (Å²) in [4.78, 5) is 27.9. The fourth-order valence-corrected chi connectivity index (χ4v) is 6.06. The van der Waals surface area contributed by atoms with Crippen LogP contribution in [0.3, 0.4) is 0 Å². The predicted octanol–water partition coefficient (Wildman–Crippen LogP) is 3.67. The summed E-state index contributed by atoms with van der Waals surface area (Å²) in [6.45, 7) is 6.97. The van der Waals surface area contributed by atoms with E-state index in [4.69, 9.17) is 16.3 Å². The van der Waals surface area contributed by atoms with Crippen LogP contribution in [0.25, 0.3) is 22.2 Å². The first-order chi connectivity index (χ1) is 17.0. The Morgan fingerprint density at radius 2 is 1.91 bits per heavy atom. The van der Waals surface area contributed by atoms with Crippen LogP contribution in [0.4, 0.5) is 0 Å². The van der Waals surface area contributed by atoms with Gasteiger partial charge >= 0.3 is 0 Å². The number of rotatable bonds is 4. The lowest BCUT2D eigenvalue weighted by Gasteiger charge is -2.38. The van der Waals surface area contributed by atoms with Crippen molar-refractivity contribution in [3.8, 4) is 16.9 Å². The second-order valence-corrected chi connectivity index (χ2v) is 10.7. The maximum absolute atomic E-state index is 13.4. The van der Waals surface area contributed by atoms with E-state index in [0.717, 1.165) is 72.1 Å². The van der Waals surface area contributed by atoms with Crippen molar-refractivity contribution >= 4 is 28.5 Å². The topological polar surface area (TPSA) is 64.7 Å². The number of carbonyl (C=O) groups is 1. The molecule has 2 saturated heterocycles. The fourth-order valence-electron chi connectivity index (χ4n) is 5.82. The van der Waals surface area contributed by atoms with Crippen molar-refractivity contribution in [1.82, 2.24) is 24.7 Å². The number of H-pyrrole nitrogens is 1. The molecule has 6 rings (SSSR count). The number of hydrogen-bond donors (Lipinski definition) is 1. The molecule has 0 radical (unpaired) electrons. The third-order valence-electron chi connectivity index (χ3n) is 7.86. The highest BCUT2D eigenvalue weighted by molar-refractivity contribution is 6.31. The van der Waals surface area contributed by atoms with Crippen LogP contribution in [-0.2, 0) is 11.2 Å². The number of nitrogens with one attached hydrogen (secondary N) is 1. The minimum atomic E-state index is -0.494. The molecule has 2 aromatic heterocycles. The van der Waals surface area contributed by atoms with E-state index in [0.29, 0.717) is 11.4 Å². The highest BCUT2D eigenvalue weighted by Crippen LogP contribution is 2.43. The van der Waals surface area contributed by atoms with Gasteiger partial charge in [0.05, 0.1) is 0 Å². The highest BCUT2D eigenvalue weighted by Gasteiger charge is 2.36. The van der Waals surface area contributed by atoms with Crippen molar-refractivity contribution in [2.45, 2.75) is 25.4 Å². The number of benzene rings is 1. The van der Waals surface area contributed by atoms with Gasteiger partial charge in [0.1, 0.15) is 11.4 Å². The molecule has 2 fully saturated rings. The van der Waals surface area contributed by atoms with Crippen molar-refractivity contribution < 1.29 is 9.53 Å². The molecule has 1 amide bonds. The van der Waals surface area contributed by atoms with E-state index >= 15 is 0 Å². The standard InChI is InChI=1S/C27H32ClN5O2/c1-31-8-4-18(5-9-31)17-32-10-12-33(13-11-32)27(34)24-15-19-14-20(28)16-23(25(19)35-24)21-2-6-29-26-22(21)3-7-30-26/h2-3,6-7,14,16,18,24H,4-5,8-13,15,17H2,1H3,(H,29,30). The zero-order valence-corrected chi connectivity index (χ0v) is 20.9. The number of ether oxygens (including phenoxy) is 1. The van der Waals surface area contributed by atoms with Crippen molar-refractivity contribution in [2.24, 2.45) is 5.92 Å². The second kappa shape index (κ2) is 9.45. The molecule has 35 heavy (non-hydrogen) atoms.